The normalized spacial score (nSPS) is 16.3. The van der Waals surface area contributed by atoms with Gasteiger partial charge in [-0.25, -0.2) is 0 Å². The zero-order chi connectivity index (χ0) is 13.3. The van der Waals surface area contributed by atoms with Gasteiger partial charge < -0.3 is 5.32 Å². The van der Waals surface area contributed by atoms with E-state index in [1.807, 2.05) is 0 Å². The van der Waals surface area contributed by atoms with Gasteiger partial charge in [-0.3, -0.25) is 4.68 Å². The summed E-state index contributed by atoms with van der Waals surface area (Å²) in [5.74, 6) is 0. The first-order valence-electron chi connectivity index (χ1n) is 7.71. The van der Waals surface area contributed by atoms with Crippen molar-refractivity contribution in [1.82, 2.24) is 15.1 Å². The third-order valence-corrected chi connectivity index (χ3v) is 4.67. The van der Waals surface area contributed by atoms with Gasteiger partial charge in [0.1, 0.15) is 0 Å². The van der Waals surface area contributed by atoms with Gasteiger partial charge >= 0.3 is 0 Å². The molecule has 1 N–H and O–H groups in total. The second kappa shape index (κ2) is 8.95. The van der Waals surface area contributed by atoms with Crippen molar-refractivity contribution >= 4 is 22.6 Å². The minimum absolute atomic E-state index is 0.669. The Labute approximate surface area is 130 Å². The van der Waals surface area contributed by atoms with Crippen LogP contribution in [0, 0.1) is 0 Å². The first-order chi connectivity index (χ1) is 9.40. The van der Waals surface area contributed by atoms with Crippen LogP contribution in [0.2, 0.25) is 0 Å². The van der Waals surface area contributed by atoms with Gasteiger partial charge in [-0.05, 0) is 42.7 Å². The van der Waals surface area contributed by atoms with Crippen LogP contribution in [-0.2, 0) is 6.54 Å². The molecule has 108 valence electrons. The van der Waals surface area contributed by atoms with E-state index < -0.39 is 0 Å². The minimum Gasteiger partial charge on any atom is -0.311 e. The lowest BCUT2D eigenvalue weighted by atomic mass is 10.2. The number of alkyl halides is 1. The second-order valence-corrected chi connectivity index (χ2v) is 6.58. The van der Waals surface area contributed by atoms with E-state index in [0.29, 0.717) is 6.04 Å². The molecule has 2 rings (SSSR count). The standard InChI is InChI=1S/C15H26IN3/c16-10-5-1-2-6-11-17-13-14-9-12-19(18-14)15-7-3-4-8-15/h9,12,15,17H,1-8,10-11,13H2. The fourth-order valence-electron chi connectivity index (χ4n) is 2.76. The van der Waals surface area contributed by atoms with Crippen LogP contribution in [0.25, 0.3) is 0 Å². The van der Waals surface area contributed by atoms with Crippen molar-refractivity contribution in [3.05, 3.63) is 18.0 Å². The van der Waals surface area contributed by atoms with Crippen molar-refractivity contribution in [1.29, 1.82) is 0 Å². The van der Waals surface area contributed by atoms with E-state index in [1.165, 1.54) is 61.5 Å². The van der Waals surface area contributed by atoms with Gasteiger partial charge in [0.05, 0.1) is 11.7 Å². The molecule has 0 aromatic carbocycles. The number of rotatable bonds is 9. The molecule has 0 spiro atoms. The van der Waals surface area contributed by atoms with Gasteiger partial charge in [-0.1, -0.05) is 48.3 Å². The van der Waals surface area contributed by atoms with E-state index in [9.17, 15) is 0 Å². The zero-order valence-corrected chi connectivity index (χ0v) is 13.9. The average Bonchev–Trinajstić information content (AvgIpc) is 3.08. The molecule has 1 aliphatic rings. The lowest BCUT2D eigenvalue weighted by Crippen LogP contribution is -2.15. The van der Waals surface area contributed by atoms with E-state index in [4.69, 9.17) is 5.10 Å². The summed E-state index contributed by atoms with van der Waals surface area (Å²) < 4.78 is 3.48. The average molecular weight is 375 g/mol. The van der Waals surface area contributed by atoms with Crippen LogP contribution in [0.5, 0.6) is 0 Å². The number of halogens is 1. The number of nitrogens with one attached hydrogen (secondary N) is 1. The van der Waals surface area contributed by atoms with E-state index in [2.05, 4.69) is 44.9 Å². The van der Waals surface area contributed by atoms with Gasteiger partial charge in [0.25, 0.3) is 0 Å². The molecule has 1 fully saturated rings. The predicted molar refractivity (Wildman–Crippen MR) is 88.8 cm³/mol. The zero-order valence-electron chi connectivity index (χ0n) is 11.8. The van der Waals surface area contributed by atoms with E-state index >= 15 is 0 Å². The monoisotopic (exact) mass is 375 g/mol. The molecule has 19 heavy (non-hydrogen) atoms. The van der Waals surface area contributed by atoms with Crippen LogP contribution >= 0.6 is 22.6 Å². The Morgan fingerprint density at radius 2 is 2.00 bits per heavy atom. The highest BCUT2D eigenvalue weighted by Crippen LogP contribution is 2.28. The molecule has 0 atom stereocenters. The molecule has 0 aliphatic heterocycles. The van der Waals surface area contributed by atoms with Crippen LogP contribution in [-0.4, -0.2) is 20.8 Å². The predicted octanol–water partition coefficient (Wildman–Crippen LogP) is 4.08. The maximum Gasteiger partial charge on any atom is 0.0762 e. The third kappa shape index (κ3) is 5.42. The van der Waals surface area contributed by atoms with Crippen LogP contribution in [0.1, 0.15) is 63.1 Å². The Bertz CT molecular complexity index is 345. The van der Waals surface area contributed by atoms with Crippen molar-refractivity contribution in [2.75, 3.05) is 11.0 Å². The Morgan fingerprint density at radius 3 is 2.79 bits per heavy atom. The molecule has 1 aromatic rings. The molecule has 0 radical (unpaired) electrons. The van der Waals surface area contributed by atoms with E-state index in [1.54, 1.807) is 0 Å². The Morgan fingerprint density at radius 1 is 1.21 bits per heavy atom. The maximum absolute atomic E-state index is 4.69. The smallest absolute Gasteiger partial charge is 0.0762 e. The number of aromatic nitrogens is 2. The number of nitrogens with zero attached hydrogens (tertiary/aromatic N) is 2. The first-order valence-corrected chi connectivity index (χ1v) is 9.23. The molecule has 1 aliphatic carbocycles. The summed E-state index contributed by atoms with van der Waals surface area (Å²) in [7, 11) is 0. The first kappa shape index (κ1) is 15.3. The highest BCUT2D eigenvalue weighted by Gasteiger charge is 2.17. The summed E-state index contributed by atoms with van der Waals surface area (Å²) in [6, 6.07) is 2.84. The fraction of sp³-hybridized carbons (Fsp3) is 0.800. The molecule has 0 unspecified atom stereocenters. The van der Waals surface area contributed by atoms with Crippen LogP contribution in [0.3, 0.4) is 0 Å². The molecule has 4 heteroatoms. The van der Waals surface area contributed by atoms with Crippen molar-refractivity contribution in [3.8, 4) is 0 Å². The highest BCUT2D eigenvalue weighted by molar-refractivity contribution is 14.1. The van der Waals surface area contributed by atoms with Gasteiger partial charge in [0.2, 0.25) is 0 Å². The quantitative estimate of drug-likeness (QED) is 0.400. The molecule has 0 saturated heterocycles. The molecule has 1 aromatic heterocycles. The highest BCUT2D eigenvalue weighted by atomic mass is 127. The summed E-state index contributed by atoms with van der Waals surface area (Å²) in [6.45, 7) is 2.05. The van der Waals surface area contributed by atoms with Gasteiger partial charge in [0.15, 0.2) is 0 Å². The van der Waals surface area contributed by atoms with E-state index in [0.717, 1.165) is 13.1 Å². The largest absolute Gasteiger partial charge is 0.311 e. The molecule has 0 amide bonds. The van der Waals surface area contributed by atoms with Crippen LogP contribution < -0.4 is 5.32 Å². The summed E-state index contributed by atoms with van der Waals surface area (Å²) in [5, 5.41) is 8.20. The molecular formula is C15H26IN3. The maximum atomic E-state index is 4.69. The lowest BCUT2D eigenvalue weighted by molar-refractivity contribution is 0.460. The molecule has 0 bridgehead atoms. The molecule has 1 heterocycles. The lowest BCUT2D eigenvalue weighted by Gasteiger charge is -2.09. The number of hydrogen-bond acceptors (Lipinski definition) is 2. The van der Waals surface area contributed by atoms with Gasteiger partial charge in [-0.15, -0.1) is 0 Å². The van der Waals surface area contributed by atoms with Gasteiger partial charge in [-0.2, -0.15) is 5.10 Å². The van der Waals surface area contributed by atoms with Gasteiger partial charge in [0, 0.05) is 12.7 Å². The fourth-order valence-corrected chi connectivity index (χ4v) is 3.30. The van der Waals surface area contributed by atoms with Crippen molar-refractivity contribution in [2.45, 2.75) is 64.0 Å². The van der Waals surface area contributed by atoms with Crippen molar-refractivity contribution < 1.29 is 0 Å². The SMILES string of the molecule is ICCCCCCNCc1ccn(C2CCCC2)n1. The van der Waals surface area contributed by atoms with Crippen molar-refractivity contribution in [2.24, 2.45) is 0 Å². The number of unbranched alkanes of at least 4 members (excludes halogenated alkanes) is 3. The Balaban J connectivity index is 1.58. The molecular weight excluding hydrogens is 349 g/mol. The third-order valence-electron chi connectivity index (χ3n) is 3.91. The number of hydrogen-bond donors (Lipinski definition) is 1. The summed E-state index contributed by atoms with van der Waals surface area (Å²) in [5.41, 5.74) is 1.19. The summed E-state index contributed by atoms with van der Waals surface area (Å²) >= 11 is 2.46. The van der Waals surface area contributed by atoms with Crippen LogP contribution in [0.4, 0.5) is 0 Å². The van der Waals surface area contributed by atoms with E-state index in [-0.39, 0.29) is 0 Å². The Kier molecular flexibility index (Phi) is 7.20. The summed E-state index contributed by atoms with van der Waals surface area (Å²) in [6.07, 6.45) is 12.9. The van der Waals surface area contributed by atoms with Crippen molar-refractivity contribution in [3.63, 3.8) is 0 Å². The summed E-state index contributed by atoms with van der Waals surface area (Å²) in [4.78, 5) is 0. The second-order valence-electron chi connectivity index (χ2n) is 5.51. The topological polar surface area (TPSA) is 29.9 Å². The molecule has 3 nitrogen and oxygen atoms in total. The molecule has 1 saturated carbocycles. The minimum atomic E-state index is 0.669. The van der Waals surface area contributed by atoms with Crippen LogP contribution in [0.15, 0.2) is 12.3 Å². The Hall–Kier alpha value is -0.100.